The molecule has 3 amide bonds. The van der Waals surface area contributed by atoms with Crippen LogP contribution >= 0.6 is 0 Å². The largest absolute Gasteiger partial charge is 0.320 e. The summed E-state index contributed by atoms with van der Waals surface area (Å²) in [6.45, 7) is 1.40. The third kappa shape index (κ3) is 5.24. The number of amides is 3. The summed E-state index contributed by atoms with van der Waals surface area (Å²) in [5, 5.41) is 10.8. The second-order valence-electron chi connectivity index (χ2n) is 8.73. The van der Waals surface area contributed by atoms with Gasteiger partial charge in [-0.05, 0) is 37.3 Å². The first kappa shape index (κ1) is 24.1. The van der Waals surface area contributed by atoms with Gasteiger partial charge >= 0.3 is 0 Å². The Morgan fingerprint density at radius 1 is 1.22 bits per heavy atom. The summed E-state index contributed by atoms with van der Waals surface area (Å²) >= 11 is 0. The molecule has 1 heterocycles. The fourth-order valence-electron chi connectivity index (χ4n) is 4.29. The molecule has 0 bridgehead atoms. The van der Waals surface area contributed by atoms with Crippen LogP contribution in [0.3, 0.4) is 0 Å². The Hall–Kier alpha value is -2.59. The summed E-state index contributed by atoms with van der Waals surface area (Å²) in [6, 6.07) is 7.86. The van der Waals surface area contributed by atoms with Crippen LogP contribution in [-0.4, -0.2) is 44.7 Å². The topological polar surface area (TPSA) is 142 Å². The maximum atomic E-state index is 13.3. The maximum Gasteiger partial charge on any atom is 0.279 e. The molecule has 1 aromatic carbocycles. The number of imide groups is 3. The van der Waals surface area contributed by atoms with Crippen molar-refractivity contribution in [3.8, 4) is 0 Å². The minimum Gasteiger partial charge on any atom is -0.320 e. The molecule has 2 aliphatic rings. The molecule has 32 heavy (non-hydrogen) atoms. The molecule has 0 saturated heterocycles. The summed E-state index contributed by atoms with van der Waals surface area (Å²) < 4.78 is 0. The number of hydrogen-bond donors (Lipinski definition) is 4. The van der Waals surface area contributed by atoms with Crippen molar-refractivity contribution in [3.63, 3.8) is 0 Å². The van der Waals surface area contributed by atoms with Gasteiger partial charge in [-0.25, -0.2) is 4.90 Å². The molecule has 9 nitrogen and oxygen atoms in total. The second-order valence-corrected chi connectivity index (χ2v) is 8.73. The number of benzene rings is 1. The molecule has 2 atom stereocenters. The van der Waals surface area contributed by atoms with Gasteiger partial charge in [0, 0.05) is 6.42 Å². The molecule has 1 aromatic rings. The van der Waals surface area contributed by atoms with Crippen LogP contribution < -0.4 is 16.9 Å². The van der Waals surface area contributed by atoms with Crippen LogP contribution in [0.15, 0.2) is 36.4 Å². The Bertz CT molecular complexity index is 866. The molecule has 1 saturated carbocycles. The highest BCUT2D eigenvalue weighted by molar-refractivity contribution is 6.15. The number of nitrogens with one attached hydrogen (secondary N) is 1. The van der Waals surface area contributed by atoms with E-state index < -0.39 is 29.4 Å². The molecule has 0 spiro atoms. The van der Waals surface area contributed by atoms with Crippen molar-refractivity contribution >= 4 is 23.4 Å². The van der Waals surface area contributed by atoms with E-state index in [1.165, 1.54) is 32.3 Å². The van der Waals surface area contributed by atoms with Crippen LogP contribution in [0.4, 0.5) is 0 Å². The van der Waals surface area contributed by atoms with Crippen molar-refractivity contribution < 1.29 is 19.6 Å². The van der Waals surface area contributed by atoms with E-state index >= 15 is 0 Å². The zero-order valence-corrected chi connectivity index (χ0v) is 18.5. The lowest BCUT2D eigenvalue weighted by atomic mass is 9.86. The minimum absolute atomic E-state index is 0.0326. The van der Waals surface area contributed by atoms with Gasteiger partial charge in [-0.3, -0.25) is 30.8 Å². The average molecular weight is 444 g/mol. The van der Waals surface area contributed by atoms with Crippen LogP contribution in [0.5, 0.6) is 0 Å². The Kier molecular flexibility index (Phi) is 7.78. The Morgan fingerprint density at radius 3 is 2.50 bits per heavy atom. The fourth-order valence-corrected chi connectivity index (χ4v) is 4.29. The molecule has 6 N–H and O–H groups in total. The van der Waals surface area contributed by atoms with E-state index in [2.05, 4.69) is 5.43 Å². The monoisotopic (exact) mass is 443 g/mol. The molecule has 0 radical (unpaired) electrons. The van der Waals surface area contributed by atoms with E-state index in [9.17, 15) is 19.6 Å². The number of nitrogens with zero attached hydrogens (tertiary/aromatic N) is 2. The summed E-state index contributed by atoms with van der Waals surface area (Å²) in [4.78, 5) is 39.5. The van der Waals surface area contributed by atoms with Crippen LogP contribution in [-0.2, 0) is 14.4 Å². The molecule has 1 unspecified atom stereocenters. The zero-order chi connectivity index (χ0) is 23.3. The highest BCUT2D eigenvalue weighted by Crippen LogP contribution is 2.29. The summed E-state index contributed by atoms with van der Waals surface area (Å²) in [5.41, 5.74) is 13.4. The van der Waals surface area contributed by atoms with Gasteiger partial charge in [0.25, 0.3) is 11.8 Å². The molecular weight excluding hydrogens is 410 g/mol. The van der Waals surface area contributed by atoms with Crippen molar-refractivity contribution in [2.24, 2.45) is 17.4 Å². The van der Waals surface area contributed by atoms with Crippen molar-refractivity contribution in [2.75, 3.05) is 0 Å². The van der Waals surface area contributed by atoms with E-state index in [-0.39, 0.29) is 6.42 Å². The van der Waals surface area contributed by atoms with Gasteiger partial charge in [-0.2, -0.15) is 0 Å². The average Bonchev–Trinajstić information content (AvgIpc) is 3.10. The van der Waals surface area contributed by atoms with Crippen LogP contribution in [0, 0.1) is 5.92 Å². The standard InChI is InChI=1S/C23H33N5O4/c1-16(24)21(30)27(20(29)14-8-11-17-9-4-2-5-10-17)22(31)23(25)15-19(26-28(23)32)18-12-6-3-7-13-18/h3,6-7,12-13,15-17,26,32H,2,4-5,8-11,14,24-25H2,1H3/t16?,23-/m1/s1. The molecule has 9 heteroatoms. The molecule has 1 aliphatic carbocycles. The van der Waals surface area contributed by atoms with Gasteiger partial charge in [-0.15, -0.1) is 0 Å². The fraction of sp³-hybridized carbons (Fsp3) is 0.522. The Labute approximate surface area is 188 Å². The normalized spacial score (nSPS) is 22.7. The molecule has 1 fully saturated rings. The quantitative estimate of drug-likeness (QED) is 0.500. The SMILES string of the molecule is CC(N)C(=O)N(C(=O)CCCC1CCCCC1)C(=O)[C@@]1(N)C=C(c2ccccc2)NN1O. The minimum atomic E-state index is -2.14. The van der Waals surface area contributed by atoms with Crippen molar-refractivity contribution in [1.29, 1.82) is 0 Å². The van der Waals surface area contributed by atoms with Crippen LogP contribution in [0.2, 0.25) is 0 Å². The summed E-state index contributed by atoms with van der Waals surface area (Å²) in [5.74, 6) is -1.98. The molecular formula is C23H33N5O4. The lowest BCUT2D eigenvalue weighted by Gasteiger charge is -2.32. The first-order valence-corrected chi connectivity index (χ1v) is 11.2. The van der Waals surface area contributed by atoms with Gasteiger partial charge in [0.1, 0.15) is 0 Å². The van der Waals surface area contributed by atoms with E-state index in [4.69, 9.17) is 11.5 Å². The molecule has 1 aliphatic heterocycles. The van der Waals surface area contributed by atoms with Gasteiger partial charge < -0.3 is 5.73 Å². The number of hydrogen-bond acceptors (Lipinski definition) is 8. The van der Waals surface area contributed by atoms with E-state index in [1.54, 1.807) is 24.3 Å². The number of hydroxylamine groups is 1. The maximum absolute atomic E-state index is 13.3. The number of carbonyl (C=O) groups excluding carboxylic acids is 3. The Morgan fingerprint density at radius 2 is 1.88 bits per heavy atom. The number of nitrogens with two attached hydrogens (primary N) is 2. The first-order valence-electron chi connectivity index (χ1n) is 11.2. The van der Waals surface area contributed by atoms with Crippen molar-refractivity contribution in [2.45, 2.75) is 70.0 Å². The van der Waals surface area contributed by atoms with Gasteiger partial charge in [0.15, 0.2) is 0 Å². The van der Waals surface area contributed by atoms with Crippen molar-refractivity contribution in [1.82, 2.24) is 15.5 Å². The van der Waals surface area contributed by atoms with Crippen molar-refractivity contribution in [3.05, 3.63) is 42.0 Å². The van der Waals surface area contributed by atoms with Gasteiger partial charge in [0.2, 0.25) is 11.6 Å². The third-order valence-corrected chi connectivity index (χ3v) is 6.16. The van der Waals surface area contributed by atoms with E-state index in [0.717, 1.165) is 19.3 Å². The van der Waals surface area contributed by atoms with Crippen LogP contribution in [0.1, 0.15) is 63.9 Å². The lowest BCUT2D eigenvalue weighted by molar-refractivity contribution is -0.192. The third-order valence-electron chi connectivity index (χ3n) is 6.16. The van der Waals surface area contributed by atoms with Gasteiger partial charge in [0.05, 0.1) is 11.7 Å². The first-order chi connectivity index (χ1) is 15.2. The Balaban J connectivity index is 1.76. The van der Waals surface area contributed by atoms with E-state index in [0.29, 0.717) is 33.7 Å². The highest BCUT2D eigenvalue weighted by Gasteiger charge is 2.49. The highest BCUT2D eigenvalue weighted by atomic mass is 16.6. The number of hydrazine groups is 1. The predicted octanol–water partition coefficient (Wildman–Crippen LogP) is 1.87. The molecule has 0 aromatic heterocycles. The van der Waals surface area contributed by atoms with Crippen LogP contribution in [0.25, 0.3) is 5.70 Å². The predicted molar refractivity (Wildman–Crippen MR) is 119 cm³/mol. The van der Waals surface area contributed by atoms with E-state index in [1.807, 2.05) is 6.07 Å². The number of carbonyl (C=O) groups is 3. The second kappa shape index (κ2) is 10.4. The number of rotatable bonds is 7. The molecule has 174 valence electrons. The molecule has 3 rings (SSSR count). The smallest absolute Gasteiger partial charge is 0.279 e. The lowest BCUT2D eigenvalue weighted by Crippen LogP contribution is -2.66. The zero-order valence-electron chi connectivity index (χ0n) is 18.5. The summed E-state index contributed by atoms with van der Waals surface area (Å²) in [6.07, 6.45) is 8.74. The van der Waals surface area contributed by atoms with Gasteiger partial charge in [-0.1, -0.05) is 67.6 Å². The summed E-state index contributed by atoms with van der Waals surface area (Å²) in [7, 11) is 0.